The van der Waals surface area contributed by atoms with Gasteiger partial charge in [-0.3, -0.25) is 0 Å². The Labute approximate surface area is 164 Å². The second kappa shape index (κ2) is 13.0. The van der Waals surface area contributed by atoms with E-state index >= 15 is 0 Å². The maximum Gasteiger partial charge on any atom is 0.102 e. The Hall–Kier alpha value is -1.24. The first-order chi connectivity index (χ1) is 13.2. The Morgan fingerprint density at radius 2 is 1.33 bits per heavy atom. The van der Waals surface area contributed by atoms with Crippen LogP contribution in [0.4, 0.5) is 0 Å². The van der Waals surface area contributed by atoms with Gasteiger partial charge in [0.1, 0.15) is 5.60 Å². The minimum atomic E-state index is -0.655. The highest BCUT2D eigenvalue weighted by Gasteiger charge is 2.59. The van der Waals surface area contributed by atoms with Crippen LogP contribution in [0.1, 0.15) is 19.3 Å². The molecule has 0 aromatic rings. The third-order valence-electron chi connectivity index (χ3n) is 5.28. The number of aliphatic hydroxyl groups is 1. The highest BCUT2D eigenvalue weighted by atomic mass is 16.6. The molecule has 0 aromatic heterocycles. The summed E-state index contributed by atoms with van der Waals surface area (Å²) in [5.41, 5.74) is -1.21. The highest BCUT2D eigenvalue weighted by Crippen LogP contribution is 2.51. The lowest BCUT2D eigenvalue weighted by Gasteiger charge is -2.56. The van der Waals surface area contributed by atoms with E-state index in [-0.39, 0.29) is 12.5 Å². The van der Waals surface area contributed by atoms with Crippen LogP contribution in [0.3, 0.4) is 0 Å². The zero-order valence-corrected chi connectivity index (χ0v) is 16.6. The topological polar surface area (TPSA) is 57.2 Å². The molecular formula is C22H36O5. The maximum atomic E-state index is 10.2. The summed E-state index contributed by atoms with van der Waals surface area (Å²) in [4.78, 5) is 0. The number of ether oxygens (including phenoxy) is 4. The fraction of sp³-hybridized carbons (Fsp3) is 0.636. The van der Waals surface area contributed by atoms with Gasteiger partial charge in [-0.25, -0.2) is 0 Å². The lowest BCUT2D eigenvalue weighted by Crippen LogP contribution is -2.64. The van der Waals surface area contributed by atoms with Crippen LogP contribution in [0.15, 0.2) is 50.6 Å². The molecule has 0 aromatic carbocycles. The molecule has 0 heterocycles. The van der Waals surface area contributed by atoms with Crippen molar-refractivity contribution in [2.45, 2.75) is 24.9 Å². The van der Waals surface area contributed by atoms with Crippen LogP contribution in [0, 0.1) is 11.3 Å². The van der Waals surface area contributed by atoms with Crippen molar-refractivity contribution in [2.24, 2.45) is 11.3 Å². The zero-order valence-electron chi connectivity index (χ0n) is 16.6. The smallest absolute Gasteiger partial charge is 0.102 e. The summed E-state index contributed by atoms with van der Waals surface area (Å²) >= 11 is 0. The Bertz CT molecular complexity index is 448. The largest absolute Gasteiger partial charge is 0.396 e. The van der Waals surface area contributed by atoms with Crippen LogP contribution in [0.5, 0.6) is 0 Å². The van der Waals surface area contributed by atoms with Gasteiger partial charge in [0.05, 0.1) is 51.7 Å². The summed E-state index contributed by atoms with van der Waals surface area (Å²) in [6.07, 6.45) is 9.50. The molecule has 1 aliphatic carbocycles. The van der Waals surface area contributed by atoms with E-state index in [0.717, 1.165) is 19.3 Å². The van der Waals surface area contributed by atoms with Crippen molar-refractivity contribution >= 4 is 0 Å². The SMILES string of the molecule is C=CCOCC1(OCC=C)CCCC(CO)C1(COCC=C)COCC=C. The number of hydrogen-bond donors (Lipinski definition) is 1. The third kappa shape index (κ3) is 6.13. The molecule has 0 radical (unpaired) electrons. The van der Waals surface area contributed by atoms with Crippen molar-refractivity contribution in [1.29, 1.82) is 0 Å². The molecule has 1 saturated carbocycles. The predicted octanol–water partition coefficient (Wildman–Crippen LogP) is 3.31. The molecule has 1 fully saturated rings. The minimum absolute atomic E-state index is 0.0296. The van der Waals surface area contributed by atoms with Gasteiger partial charge in [-0.15, -0.1) is 26.3 Å². The predicted molar refractivity (Wildman–Crippen MR) is 109 cm³/mol. The van der Waals surface area contributed by atoms with E-state index in [2.05, 4.69) is 26.3 Å². The van der Waals surface area contributed by atoms with Crippen molar-refractivity contribution in [2.75, 3.05) is 52.9 Å². The van der Waals surface area contributed by atoms with Crippen LogP contribution < -0.4 is 0 Å². The lowest BCUT2D eigenvalue weighted by atomic mass is 9.58. The number of hydrogen-bond acceptors (Lipinski definition) is 5. The van der Waals surface area contributed by atoms with Gasteiger partial charge in [0, 0.05) is 6.61 Å². The van der Waals surface area contributed by atoms with Crippen molar-refractivity contribution in [1.82, 2.24) is 0 Å². The summed E-state index contributed by atoms with van der Waals surface area (Å²) in [5, 5.41) is 10.2. The van der Waals surface area contributed by atoms with Gasteiger partial charge >= 0.3 is 0 Å². The molecule has 2 unspecified atom stereocenters. The number of aliphatic hydroxyl groups excluding tert-OH is 1. The summed E-state index contributed by atoms with van der Waals surface area (Å²) in [6, 6.07) is 0. The molecule has 0 spiro atoms. The van der Waals surface area contributed by atoms with Gasteiger partial charge in [0.25, 0.3) is 0 Å². The third-order valence-corrected chi connectivity index (χ3v) is 5.28. The van der Waals surface area contributed by atoms with Gasteiger partial charge in [0.15, 0.2) is 0 Å². The van der Waals surface area contributed by atoms with Crippen LogP contribution >= 0.6 is 0 Å². The molecular weight excluding hydrogens is 344 g/mol. The fourth-order valence-corrected chi connectivity index (χ4v) is 3.99. The maximum absolute atomic E-state index is 10.2. The van der Waals surface area contributed by atoms with E-state index in [1.54, 1.807) is 24.3 Å². The van der Waals surface area contributed by atoms with Crippen molar-refractivity contribution in [3.8, 4) is 0 Å². The van der Waals surface area contributed by atoms with E-state index in [9.17, 15) is 5.11 Å². The Kier molecular flexibility index (Phi) is 11.5. The normalized spacial score (nSPS) is 24.3. The van der Waals surface area contributed by atoms with E-state index < -0.39 is 11.0 Å². The summed E-state index contributed by atoms with van der Waals surface area (Å²) < 4.78 is 24.1. The molecule has 1 N–H and O–H groups in total. The Morgan fingerprint density at radius 3 is 1.81 bits per heavy atom. The van der Waals surface area contributed by atoms with Crippen LogP contribution in [0.2, 0.25) is 0 Å². The van der Waals surface area contributed by atoms with E-state index in [0.29, 0.717) is 46.2 Å². The molecule has 5 heteroatoms. The molecule has 154 valence electrons. The van der Waals surface area contributed by atoms with Gasteiger partial charge in [0.2, 0.25) is 0 Å². The summed E-state index contributed by atoms with van der Waals surface area (Å²) in [5.74, 6) is -0.0296. The van der Waals surface area contributed by atoms with Crippen LogP contribution in [0.25, 0.3) is 0 Å². The molecule has 5 nitrogen and oxygen atoms in total. The Balaban J connectivity index is 3.29. The van der Waals surface area contributed by atoms with Crippen molar-refractivity contribution in [3.05, 3.63) is 50.6 Å². The second-order valence-electron chi connectivity index (χ2n) is 6.93. The quantitative estimate of drug-likeness (QED) is 0.329. The van der Waals surface area contributed by atoms with Gasteiger partial charge in [-0.2, -0.15) is 0 Å². The summed E-state index contributed by atoms with van der Waals surface area (Å²) in [6.45, 7) is 17.8. The number of rotatable bonds is 16. The molecule has 1 aliphatic rings. The van der Waals surface area contributed by atoms with Crippen LogP contribution in [-0.2, 0) is 18.9 Å². The lowest BCUT2D eigenvalue weighted by molar-refractivity contribution is -0.242. The average Bonchev–Trinajstić information content (AvgIpc) is 2.68. The van der Waals surface area contributed by atoms with Gasteiger partial charge in [-0.05, 0) is 18.8 Å². The summed E-state index contributed by atoms with van der Waals surface area (Å²) in [7, 11) is 0. The molecule has 0 saturated heterocycles. The minimum Gasteiger partial charge on any atom is -0.396 e. The molecule has 0 bridgehead atoms. The van der Waals surface area contributed by atoms with Gasteiger partial charge in [-0.1, -0.05) is 30.7 Å². The molecule has 0 aliphatic heterocycles. The Morgan fingerprint density at radius 1 is 0.815 bits per heavy atom. The van der Waals surface area contributed by atoms with E-state index in [1.807, 2.05) is 0 Å². The molecule has 1 rings (SSSR count). The first-order valence-corrected chi connectivity index (χ1v) is 9.58. The van der Waals surface area contributed by atoms with E-state index in [4.69, 9.17) is 18.9 Å². The molecule has 0 amide bonds. The van der Waals surface area contributed by atoms with E-state index in [1.165, 1.54) is 0 Å². The van der Waals surface area contributed by atoms with Crippen molar-refractivity contribution in [3.63, 3.8) is 0 Å². The molecule has 2 atom stereocenters. The van der Waals surface area contributed by atoms with Crippen LogP contribution in [-0.4, -0.2) is 63.6 Å². The fourth-order valence-electron chi connectivity index (χ4n) is 3.99. The highest BCUT2D eigenvalue weighted by molar-refractivity contribution is 5.08. The second-order valence-corrected chi connectivity index (χ2v) is 6.93. The monoisotopic (exact) mass is 380 g/mol. The first-order valence-electron chi connectivity index (χ1n) is 9.58. The van der Waals surface area contributed by atoms with Crippen molar-refractivity contribution < 1.29 is 24.1 Å². The van der Waals surface area contributed by atoms with Gasteiger partial charge < -0.3 is 24.1 Å². The zero-order chi connectivity index (χ0) is 20.0. The average molecular weight is 381 g/mol. The first kappa shape index (κ1) is 23.8. The molecule has 27 heavy (non-hydrogen) atoms. The standard InChI is InChI=1S/C22H36O5/c1-5-12-24-17-21(18-25-13-6-2)20(16-23)10-9-11-22(21,27-15-8-4)19-26-14-7-3/h5-8,20,23H,1-4,9-19H2.